The SMILES string of the molecule is CCCC(C)(N)C(=O)Nc1ncc(Br)s1. The molecule has 1 rings (SSSR count). The molecular formula is C9H14BrN3OS. The Hall–Kier alpha value is -0.460. The second-order valence-corrected chi connectivity index (χ2v) is 6.00. The maximum Gasteiger partial charge on any atom is 0.245 e. The first-order valence-electron chi connectivity index (χ1n) is 4.67. The van der Waals surface area contributed by atoms with E-state index in [0.29, 0.717) is 11.6 Å². The van der Waals surface area contributed by atoms with Crippen molar-refractivity contribution in [2.45, 2.75) is 32.2 Å². The Bertz CT molecular complexity index is 351. The standard InChI is InChI=1S/C9H14BrN3OS/c1-3-4-9(2,11)7(14)13-8-12-5-6(10)15-8/h5H,3-4,11H2,1-2H3,(H,12,13,14). The quantitative estimate of drug-likeness (QED) is 0.895. The molecule has 0 fully saturated rings. The summed E-state index contributed by atoms with van der Waals surface area (Å²) in [6.45, 7) is 3.73. The van der Waals surface area contributed by atoms with Gasteiger partial charge in [0, 0.05) is 0 Å². The molecule has 1 aromatic heterocycles. The minimum atomic E-state index is -0.826. The Morgan fingerprint density at radius 2 is 2.47 bits per heavy atom. The lowest BCUT2D eigenvalue weighted by Gasteiger charge is -2.21. The summed E-state index contributed by atoms with van der Waals surface area (Å²) in [4.78, 5) is 15.8. The normalized spacial score (nSPS) is 14.7. The van der Waals surface area contributed by atoms with Gasteiger partial charge in [0.25, 0.3) is 0 Å². The van der Waals surface area contributed by atoms with Crippen LogP contribution in [0.5, 0.6) is 0 Å². The van der Waals surface area contributed by atoms with Gasteiger partial charge in [-0.2, -0.15) is 0 Å². The Kier molecular flexibility index (Phi) is 4.24. The highest BCUT2D eigenvalue weighted by Gasteiger charge is 2.27. The summed E-state index contributed by atoms with van der Waals surface area (Å²) in [5, 5.41) is 3.27. The Labute approximate surface area is 101 Å². The number of aromatic nitrogens is 1. The number of amides is 1. The smallest absolute Gasteiger partial charge is 0.245 e. The van der Waals surface area contributed by atoms with Crippen molar-refractivity contribution in [3.63, 3.8) is 0 Å². The lowest BCUT2D eigenvalue weighted by molar-refractivity contribution is -0.120. The van der Waals surface area contributed by atoms with Gasteiger partial charge in [-0.15, -0.1) is 0 Å². The van der Waals surface area contributed by atoms with Gasteiger partial charge in [-0.25, -0.2) is 4.98 Å². The summed E-state index contributed by atoms with van der Waals surface area (Å²) in [5.41, 5.74) is 5.05. The van der Waals surface area contributed by atoms with Gasteiger partial charge in [-0.05, 0) is 29.3 Å². The molecule has 15 heavy (non-hydrogen) atoms. The van der Waals surface area contributed by atoms with Crippen molar-refractivity contribution in [3.05, 3.63) is 9.98 Å². The molecule has 0 saturated carbocycles. The molecule has 1 aromatic rings. The van der Waals surface area contributed by atoms with Gasteiger partial charge in [0.2, 0.25) is 5.91 Å². The van der Waals surface area contributed by atoms with E-state index in [4.69, 9.17) is 5.73 Å². The first-order chi connectivity index (χ1) is 6.95. The number of carbonyl (C=O) groups excluding carboxylic acids is 1. The Morgan fingerprint density at radius 3 is 2.93 bits per heavy atom. The number of thiazole rings is 1. The summed E-state index contributed by atoms with van der Waals surface area (Å²) in [7, 11) is 0. The predicted molar refractivity (Wildman–Crippen MR) is 65.9 cm³/mol. The fourth-order valence-corrected chi connectivity index (χ4v) is 2.29. The maximum absolute atomic E-state index is 11.7. The van der Waals surface area contributed by atoms with Crippen molar-refractivity contribution < 1.29 is 4.79 Å². The van der Waals surface area contributed by atoms with E-state index in [1.807, 2.05) is 6.92 Å². The Balaban J connectivity index is 2.63. The molecule has 0 saturated heterocycles. The van der Waals surface area contributed by atoms with Crippen LogP contribution >= 0.6 is 27.3 Å². The molecule has 84 valence electrons. The zero-order valence-corrected chi connectivity index (χ0v) is 11.1. The van der Waals surface area contributed by atoms with Gasteiger partial charge < -0.3 is 11.1 Å². The van der Waals surface area contributed by atoms with Crippen LogP contribution in [0.1, 0.15) is 26.7 Å². The fourth-order valence-electron chi connectivity index (χ4n) is 1.18. The molecule has 4 nitrogen and oxygen atoms in total. The maximum atomic E-state index is 11.7. The predicted octanol–water partition coefficient (Wildman–Crippen LogP) is 2.36. The third kappa shape index (κ3) is 3.55. The number of nitrogens with two attached hydrogens (primary N) is 1. The third-order valence-corrected chi connectivity index (χ3v) is 3.38. The van der Waals surface area contributed by atoms with Crippen LogP contribution in [0, 0.1) is 0 Å². The van der Waals surface area contributed by atoms with Crippen molar-refractivity contribution >= 4 is 38.3 Å². The van der Waals surface area contributed by atoms with E-state index in [2.05, 4.69) is 26.2 Å². The van der Waals surface area contributed by atoms with Crippen LogP contribution in [0.3, 0.4) is 0 Å². The number of nitrogens with one attached hydrogen (secondary N) is 1. The molecule has 0 spiro atoms. The van der Waals surface area contributed by atoms with Crippen molar-refractivity contribution in [2.75, 3.05) is 5.32 Å². The van der Waals surface area contributed by atoms with Crippen LogP contribution in [0.25, 0.3) is 0 Å². The number of anilines is 1. The summed E-state index contributed by atoms with van der Waals surface area (Å²) < 4.78 is 0.881. The molecule has 0 aliphatic heterocycles. The topological polar surface area (TPSA) is 68.0 Å². The zero-order chi connectivity index (χ0) is 11.5. The second kappa shape index (κ2) is 5.05. The fraction of sp³-hybridized carbons (Fsp3) is 0.556. The van der Waals surface area contributed by atoms with Crippen molar-refractivity contribution in [1.29, 1.82) is 0 Å². The number of hydrogen-bond donors (Lipinski definition) is 2. The number of nitrogens with zero attached hydrogens (tertiary/aromatic N) is 1. The van der Waals surface area contributed by atoms with E-state index in [0.717, 1.165) is 10.2 Å². The van der Waals surface area contributed by atoms with Crippen molar-refractivity contribution in [3.8, 4) is 0 Å². The summed E-state index contributed by atoms with van der Waals surface area (Å²) in [5.74, 6) is -0.189. The Morgan fingerprint density at radius 1 is 1.80 bits per heavy atom. The monoisotopic (exact) mass is 291 g/mol. The number of halogens is 1. The van der Waals surface area contributed by atoms with Crippen molar-refractivity contribution in [2.24, 2.45) is 5.73 Å². The molecule has 3 N–H and O–H groups in total. The molecule has 1 heterocycles. The molecule has 0 aliphatic carbocycles. The highest BCUT2D eigenvalue weighted by Crippen LogP contribution is 2.24. The van der Waals surface area contributed by atoms with Crippen LogP contribution in [-0.4, -0.2) is 16.4 Å². The molecule has 0 bridgehead atoms. The summed E-state index contributed by atoms with van der Waals surface area (Å²) in [6.07, 6.45) is 3.18. The number of rotatable bonds is 4. The van der Waals surface area contributed by atoms with Crippen LogP contribution in [0.2, 0.25) is 0 Å². The van der Waals surface area contributed by atoms with Gasteiger partial charge in [0.1, 0.15) is 0 Å². The molecule has 1 atom stereocenters. The van der Waals surface area contributed by atoms with Gasteiger partial charge in [0.05, 0.1) is 15.5 Å². The van der Waals surface area contributed by atoms with E-state index in [1.54, 1.807) is 13.1 Å². The zero-order valence-electron chi connectivity index (χ0n) is 8.71. The van der Waals surface area contributed by atoms with Gasteiger partial charge in [-0.1, -0.05) is 24.7 Å². The van der Waals surface area contributed by atoms with Crippen LogP contribution < -0.4 is 11.1 Å². The lowest BCUT2D eigenvalue weighted by Crippen LogP contribution is -2.48. The van der Waals surface area contributed by atoms with Crippen LogP contribution in [0.15, 0.2) is 9.98 Å². The molecule has 6 heteroatoms. The first-order valence-corrected chi connectivity index (χ1v) is 6.28. The minimum Gasteiger partial charge on any atom is -0.318 e. The average Bonchev–Trinajstić information content (AvgIpc) is 2.51. The lowest BCUT2D eigenvalue weighted by atomic mass is 9.97. The van der Waals surface area contributed by atoms with E-state index in [1.165, 1.54) is 11.3 Å². The largest absolute Gasteiger partial charge is 0.318 e. The molecule has 0 aliphatic rings. The van der Waals surface area contributed by atoms with Crippen LogP contribution in [0.4, 0.5) is 5.13 Å². The van der Waals surface area contributed by atoms with Crippen molar-refractivity contribution in [1.82, 2.24) is 4.98 Å². The highest BCUT2D eigenvalue weighted by molar-refractivity contribution is 9.11. The molecule has 1 amide bonds. The molecule has 0 radical (unpaired) electrons. The number of hydrogen-bond acceptors (Lipinski definition) is 4. The van der Waals surface area contributed by atoms with E-state index >= 15 is 0 Å². The number of carbonyl (C=O) groups is 1. The minimum absolute atomic E-state index is 0.189. The van der Waals surface area contributed by atoms with Gasteiger partial charge in [-0.3, -0.25) is 4.79 Å². The van der Waals surface area contributed by atoms with E-state index in [-0.39, 0.29) is 5.91 Å². The highest BCUT2D eigenvalue weighted by atomic mass is 79.9. The molecule has 1 unspecified atom stereocenters. The molecule has 0 aromatic carbocycles. The van der Waals surface area contributed by atoms with Gasteiger partial charge >= 0.3 is 0 Å². The first kappa shape index (κ1) is 12.6. The summed E-state index contributed by atoms with van der Waals surface area (Å²) in [6, 6.07) is 0. The van der Waals surface area contributed by atoms with Gasteiger partial charge in [0.15, 0.2) is 5.13 Å². The van der Waals surface area contributed by atoms with E-state index < -0.39 is 5.54 Å². The molecular weight excluding hydrogens is 278 g/mol. The van der Waals surface area contributed by atoms with Crippen LogP contribution in [-0.2, 0) is 4.79 Å². The summed E-state index contributed by atoms with van der Waals surface area (Å²) >= 11 is 4.65. The second-order valence-electron chi connectivity index (χ2n) is 3.59. The van der Waals surface area contributed by atoms with E-state index in [9.17, 15) is 4.79 Å². The average molecular weight is 292 g/mol. The third-order valence-electron chi connectivity index (χ3n) is 1.99.